The van der Waals surface area contributed by atoms with Gasteiger partial charge in [-0.15, -0.1) is 0 Å². The lowest BCUT2D eigenvalue weighted by atomic mass is 10.1. The second-order valence-corrected chi connectivity index (χ2v) is 5.65. The van der Waals surface area contributed by atoms with Crippen LogP contribution in [0, 0.1) is 0 Å². The SMILES string of the molecule is COc1cccc(CC(=O)N2CC[C@@H](SC)C2)c1. The van der Waals surface area contributed by atoms with Crippen LogP contribution in [0.25, 0.3) is 0 Å². The molecule has 1 heterocycles. The van der Waals surface area contributed by atoms with Gasteiger partial charge in [-0.05, 0) is 30.4 Å². The standard InChI is InChI=1S/C14H19NO2S/c1-17-12-5-3-4-11(8-12)9-14(16)15-7-6-13(10-15)18-2/h3-5,8,13H,6-7,9-10H2,1-2H3/t13-/m1/s1. The summed E-state index contributed by atoms with van der Waals surface area (Å²) in [6.07, 6.45) is 3.70. The molecule has 1 saturated heterocycles. The van der Waals surface area contributed by atoms with E-state index < -0.39 is 0 Å². The number of ether oxygens (including phenoxy) is 1. The normalized spacial score (nSPS) is 19.0. The molecule has 1 fully saturated rings. The zero-order valence-corrected chi connectivity index (χ0v) is 11.7. The molecular weight excluding hydrogens is 246 g/mol. The predicted octanol–water partition coefficient (Wildman–Crippen LogP) is 2.20. The Morgan fingerprint density at radius 1 is 1.56 bits per heavy atom. The lowest BCUT2D eigenvalue weighted by molar-refractivity contribution is -0.129. The van der Waals surface area contributed by atoms with Crippen molar-refractivity contribution in [1.82, 2.24) is 4.90 Å². The lowest BCUT2D eigenvalue weighted by Crippen LogP contribution is -2.30. The Labute approximate surface area is 113 Å². The molecule has 0 radical (unpaired) electrons. The molecule has 1 atom stereocenters. The van der Waals surface area contributed by atoms with Gasteiger partial charge in [-0.25, -0.2) is 0 Å². The Kier molecular flexibility index (Phi) is 4.53. The molecule has 3 nitrogen and oxygen atoms in total. The van der Waals surface area contributed by atoms with Gasteiger partial charge in [-0.3, -0.25) is 4.79 Å². The number of methoxy groups -OCH3 is 1. The first kappa shape index (κ1) is 13.3. The van der Waals surface area contributed by atoms with Crippen molar-refractivity contribution in [2.45, 2.75) is 18.1 Å². The number of likely N-dealkylation sites (tertiary alicyclic amines) is 1. The van der Waals surface area contributed by atoms with Crippen molar-refractivity contribution >= 4 is 17.7 Å². The summed E-state index contributed by atoms with van der Waals surface area (Å²) in [5.74, 6) is 1.03. The van der Waals surface area contributed by atoms with Crippen LogP contribution in [0.5, 0.6) is 5.75 Å². The summed E-state index contributed by atoms with van der Waals surface area (Å²) in [5.41, 5.74) is 1.02. The van der Waals surface area contributed by atoms with Gasteiger partial charge < -0.3 is 9.64 Å². The summed E-state index contributed by atoms with van der Waals surface area (Å²) < 4.78 is 5.17. The third-order valence-corrected chi connectivity index (χ3v) is 4.37. The van der Waals surface area contributed by atoms with Crippen molar-refractivity contribution in [1.29, 1.82) is 0 Å². The molecule has 1 aliphatic heterocycles. The summed E-state index contributed by atoms with van der Waals surface area (Å²) >= 11 is 1.85. The Hall–Kier alpha value is -1.16. The minimum atomic E-state index is 0.222. The maximum atomic E-state index is 12.2. The van der Waals surface area contributed by atoms with E-state index in [-0.39, 0.29) is 5.91 Å². The van der Waals surface area contributed by atoms with Gasteiger partial charge in [0, 0.05) is 18.3 Å². The molecule has 0 saturated carbocycles. The van der Waals surface area contributed by atoms with E-state index in [9.17, 15) is 4.79 Å². The molecule has 0 bridgehead atoms. The maximum Gasteiger partial charge on any atom is 0.227 e. The average molecular weight is 265 g/mol. The van der Waals surface area contributed by atoms with Crippen LogP contribution in [0.3, 0.4) is 0 Å². The largest absolute Gasteiger partial charge is 0.497 e. The number of carbonyl (C=O) groups is 1. The summed E-state index contributed by atoms with van der Waals surface area (Å²) in [6.45, 7) is 1.79. The van der Waals surface area contributed by atoms with E-state index in [1.165, 1.54) is 0 Å². The van der Waals surface area contributed by atoms with Crippen LogP contribution >= 0.6 is 11.8 Å². The second kappa shape index (κ2) is 6.14. The topological polar surface area (TPSA) is 29.5 Å². The van der Waals surface area contributed by atoms with E-state index in [2.05, 4.69) is 6.26 Å². The van der Waals surface area contributed by atoms with Crippen molar-refractivity contribution in [2.75, 3.05) is 26.5 Å². The van der Waals surface area contributed by atoms with Gasteiger partial charge in [0.15, 0.2) is 0 Å². The average Bonchev–Trinajstić information content (AvgIpc) is 2.88. The highest BCUT2D eigenvalue weighted by Gasteiger charge is 2.25. The number of benzene rings is 1. The van der Waals surface area contributed by atoms with Gasteiger partial charge >= 0.3 is 0 Å². The minimum Gasteiger partial charge on any atom is -0.497 e. The van der Waals surface area contributed by atoms with Crippen LogP contribution in [0.15, 0.2) is 24.3 Å². The summed E-state index contributed by atoms with van der Waals surface area (Å²) in [7, 11) is 1.64. The number of nitrogens with zero attached hydrogens (tertiary/aromatic N) is 1. The van der Waals surface area contributed by atoms with Gasteiger partial charge in [-0.1, -0.05) is 12.1 Å². The molecule has 0 spiro atoms. The third-order valence-electron chi connectivity index (χ3n) is 3.32. The molecule has 0 unspecified atom stereocenters. The van der Waals surface area contributed by atoms with Crippen molar-refractivity contribution in [3.05, 3.63) is 29.8 Å². The highest BCUT2D eigenvalue weighted by Crippen LogP contribution is 2.21. The number of carbonyl (C=O) groups excluding carboxylic acids is 1. The first-order chi connectivity index (χ1) is 8.72. The molecule has 0 aliphatic carbocycles. The zero-order valence-electron chi connectivity index (χ0n) is 10.9. The van der Waals surface area contributed by atoms with E-state index >= 15 is 0 Å². The number of hydrogen-bond donors (Lipinski definition) is 0. The van der Waals surface area contributed by atoms with Gasteiger partial charge in [0.1, 0.15) is 5.75 Å². The maximum absolute atomic E-state index is 12.2. The second-order valence-electron chi connectivity index (χ2n) is 4.51. The van der Waals surface area contributed by atoms with Gasteiger partial charge in [-0.2, -0.15) is 11.8 Å². The first-order valence-electron chi connectivity index (χ1n) is 6.16. The van der Waals surface area contributed by atoms with Gasteiger partial charge in [0.2, 0.25) is 5.91 Å². The number of rotatable bonds is 4. The van der Waals surface area contributed by atoms with Crippen LogP contribution in [0.1, 0.15) is 12.0 Å². The predicted molar refractivity (Wildman–Crippen MR) is 75.2 cm³/mol. The van der Waals surface area contributed by atoms with Gasteiger partial charge in [0.25, 0.3) is 0 Å². The van der Waals surface area contributed by atoms with E-state index in [4.69, 9.17) is 4.74 Å². The number of amides is 1. The number of hydrogen-bond acceptors (Lipinski definition) is 3. The third kappa shape index (κ3) is 3.19. The Morgan fingerprint density at radius 3 is 3.06 bits per heavy atom. The molecule has 1 aromatic rings. The van der Waals surface area contributed by atoms with Crippen molar-refractivity contribution in [2.24, 2.45) is 0 Å². The van der Waals surface area contributed by atoms with Crippen LogP contribution in [-0.4, -0.2) is 42.5 Å². The van der Waals surface area contributed by atoms with Crippen molar-refractivity contribution in [3.8, 4) is 5.75 Å². The Morgan fingerprint density at radius 2 is 2.39 bits per heavy atom. The molecule has 2 rings (SSSR count). The monoisotopic (exact) mass is 265 g/mol. The highest BCUT2D eigenvalue weighted by molar-refractivity contribution is 7.99. The van der Waals surface area contributed by atoms with Crippen LogP contribution < -0.4 is 4.74 Å². The smallest absolute Gasteiger partial charge is 0.227 e. The molecule has 18 heavy (non-hydrogen) atoms. The van der Waals surface area contributed by atoms with E-state index in [1.54, 1.807) is 7.11 Å². The molecule has 1 aliphatic rings. The van der Waals surface area contributed by atoms with Gasteiger partial charge in [0.05, 0.1) is 13.5 Å². The summed E-state index contributed by atoms with van der Waals surface area (Å²) in [4.78, 5) is 14.1. The Bertz CT molecular complexity index is 422. The van der Waals surface area contributed by atoms with Crippen LogP contribution in [0.2, 0.25) is 0 Å². The van der Waals surface area contributed by atoms with Crippen molar-refractivity contribution < 1.29 is 9.53 Å². The first-order valence-corrected chi connectivity index (χ1v) is 7.45. The summed E-state index contributed by atoms with van der Waals surface area (Å²) in [6, 6.07) is 7.73. The Balaban J connectivity index is 1.94. The fourth-order valence-corrected chi connectivity index (χ4v) is 2.89. The van der Waals surface area contributed by atoms with Crippen LogP contribution in [0.4, 0.5) is 0 Å². The fourth-order valence-electron chi connectivity index (χ4n) is 2.22. The van der Waals surface area contributed by atoms with E-state index in [0.717, 1.165) is 30.8 Å². The summed E-state index contributed by atoms with van der Waals surface area (Å²) in [5, 5.41) is 0.610. The molecule has 1 aromatic carbocycles. The fraction of sp³-hybridized carbons (Fsp3) is 0.500. The lowest BCUT2D eigenvalue weighted by Gasteiger charge is -2.16. The molecule has 4 heteroatoms. The molecule has 0 aromatic heterocycles. The molecule has 98 valence electrons. The van der Waals surface area contributed by atoms with E-state index in [0.29, 0.717) is 11.7 Å². The molecular formula is C14H19NO2S. The van der Waals surface area contributed by atoms with Crippen molar-refractivity contribution in [3.63, 3.8) is 0 Å². The zero-order chi connectivity index (χ0) is 13.0. The molecule has 1 amide bonds. The minimum absolute atomic E-state index is 0.222. The highest BCUT2D eigenvalue weighted by atomic mass is 32.2. The van der Waals surface area contributed by atoms with E-state index in [1.807, 2.05) is 40.9 Å². The quantitative estimate of drug-likeness (QED) is 0.836. The number of thioether (sulfide) groups is 1. The molecule has 0 N–H and O–H groups in total. The van der Waals surface area contributed by atoms with Crippen LogP contribution in [-0.2, 0) is 11.2 Å².